The lowest BCUT2D eigenvalue weighted by Gasteiger charge is -2.17. The third kappa shape index (κ3) is 6.58. The lowest BCUT2D eigenvalue weighted by Crippen LogP contribution is -2.28. The van der Waals surface area contributed by atoms with E-state index in [-0.39, 0.29) is 18.4 Å². The Balaban J connectivity index is 1.45. The molecule has 1 saturated heterocycles. The Morgan fingerprint density at radius 3 is 2.54 bits per heavy atom. The van der Waals surface area contributed by atoms with E-state index in [0.717, 1.165) is 27.9 Å². The molecule has 8 heteroatoms. The number of carbonyl (C=O) groups excluding carboxylic acids is 2. The molecule has 2 amide bonds. The van der Waals surface area contributed by atoms with E-state index >= 15 is 0 Å². The van der Waals surface area contributed by atoms with Crippen LogP contribution < -0.4 is 19.7 Å². The van der Waals surface area contributed by atoms with Crippen LogP contribution in [-0.2, 0) is 16.1 Å². The van der Waals surface area contributed by atoms with Crippen LogP contribution in [0.1, 0.15) is 29.2 Å². The summed E-state index contributed by atoms with van der Waals surface area (Å²) in [5, 5.41) is 2.84. The first-order valence-corrected chi connectivity index (χ1v) is 13.1. The Labute approximate surface area is 226 Å². The van der Waals surface area contributed by atoms with Crippen molar-refractivity contribution in [3.8, 4) is 11.5 Å². The van der Waals surface area contributed by atoms with Crippen LogP contribution in [0.3, 0.4) is 0 Å². The van der Waals surface area contributed by atoms with Gasteiger partial charge in [-0.2, -0.15) is 0 Å². The molecule has 0 atom stereocenters. The fourth-order valence-electron chi connectivity index (χ4n) is 3.88. The summed E-state index contributed by atoms with van der Waals surface area (Å²) in [5.74, 6) is 0.564. The quantitative estimate of drug-likeness (QED) is 0.277. The van der Waals surface area contributed by atoms with Gasteiger partial charge in [-0.3, -0.25) is 14.5 Å². The molecule has 190 valence electrons. The monoisotopic (exact) mass is 532 g/mol. The predicted molar refractivity (Wildman–Crippen MR) is 153 cm³/mol. The Kier molecular flexibility index (Phi) is 8.63. The summed E-state index contributed by atoms with van der Waals surface area (Å²) < 4.78 is 12.0. The predicted octanol–water partition coefficient (Wildman–Crippen LogP) is 5.80. The van der Waals surface area contributed by atoms with Crippen molar-refractivity contribution < 1.29 is 19.1 Å². The molecular formula is C29H28N2O4S2. The fourth-order valence-corrected chi connectivity index (χ4v) is 5.16. The number of nitrogens with one attached hydrogen (secondary N) is 1. The van der Waals surface area contributed by atoms with Gasteiger partial charge in [0.2, 0.25) is 0 Å². The van der Waals surface area contributed by atoms with Gasteiger partial charge < -0.3 is 14.8 Å². The molecular weight excluding hydrogens is 504 g/mol. The zero-order chi connectivity index (χ0) is 26.4. The Hall–Kier alpha value is -3.62. The molecule has 0 spiro atoms. The summed E-state index contributed by atoms with van der Waals surface area (Å²) >= 11 is 6.80. The van der Waals surface area contributed by atoms with Crippen LogP contribution >= 0.6 is 24.0 Å². The van der Waals surface area contributed by atoms with Gasteiger partial charge in [0.1, 0.15) is 0 Å². The maximum atomic E-state index is 13.2. The van der Waals surface area contributed by atoms with E-state index in [1.54, 1.807) is 23.1 Å². The molecule has 0 saturated carbocycles. The average molecular weight is 533 g/mol. The van der Waals surface area contributed by atoms with E-state index < -0.39 is 0 Å². The summed E-state index contributed by atoms with van der Waals surface area (Å²) in [7, 11) is 0. The lowest BCUT2D eigenvalue weighted by molar-refractivity contribution is -0.123. The van der Waals surface area contributed by atoms with E-state index in [9.17, 15) is 9.59 Å². The van der Waals surface area contributed by atoms with E-state index in [0.29, 0.717) is 33.9 Å². The van der Waals surface area contributed by atoms with Crippen molar-refractivity contribution in [1.29, 1.82) is 0 Å². The molecule has 3 aromatic rings. The fraction of sp³-hybridized carbons (Fsp3) is 0.207. The van der Waals surface area contributed by atoms with E-state index in [1.807, 2.05) is 75.4 Å². The van der Waals surface area contributed by atoms with E-state index in [2.05, 4.69) is 5.32 Å². The number of nitrogens with zero attached hydrogens (tertiary/aromatic N) is 1. The summed E-state index contributed by atoms with van der Waals surface area (Å²) in [4.78, 5) is 27.6. The van der Waals surface area contributed by atoms with Crippen molar-refractivity contribution in [2.75, 3.05) is 18.1 Å². The van der Waals surface area contributed by atoms with Gasteiger partial charge in [0, 0.05) is 6.54 Å². The number of aryl methyl sites for hydroxylation is 2. The van der Waals surface area contributed by atoms with Crippen molar-refractivity contribution >= 4 is 51.9 Å². The second-order valence-corrected chi connectivity index (χ2v) is 10.2. The van der Waals surface area contributed by atoms with Gasteiger partial charge in [0.15, 0.2) is 22.4 Å². The third-order valence-electron chi connectivity index (χ3n) is 5.64. The van der Waals surface area contributed by atoms with Gasteiger partial charge >= 0.3 is 0 Å². The second kappa shape index (κ2) is 12.1. The molecule has 3 aromatic carbocycles. The summed E-state index contributed by atoms with van der Waals surface area (Å²) in [6, 6.07) is 21.0. The van der Waals surface area contributed by atoms with Crippen LogP contribution in [0, 0.1) is 13.8 Å². The van der Waals surface area contributed by atoms with E-state index in [1.165, 1.54) is 11.8 Å². The number of ether oxygens (including phenoxy) is 2. The summed E-state index contributed by atoms with van der Waals surface area (Å²) in [6.07, 6.45) is 1.79. The van der Waals surface area contributed by atoms with Crippen LogP contribution in [0.15, 0.2) is 71.6 Å². The Morgan fingerprint density at radius 1 is 1.03 bits per heavy atom. The topological polar surface area (TPSA) is 67.9 Å². The Morgan fingerprint density at radius 2 is 1.81 bits per heavy atom. The number of benzene rings is 3. The highest BCUT2D eigenvalue weighted by molar-refractivity contribution is 8.27. The molecule has 6 nitrogen and oxygen atoms in total. The highest BCUT2D eigenvalue weighted by atomic mass is 32.2. The lowest BCUT2D eigenvalue weighted by atomic mass is 10.1. The molecule has 0 unspecified atom stereocenters. The van der Waals surface area contributed by atoms with Gasteiger partial charge in [0.25, 0.3) is 11.8 Å². The second-order valence-electron chi connectivity index (χ2n) is 8.50. The van der Waals surface area contributed by atoms with Gasteiger partial charge in [-0.15, -0.1) is 0 Å². The SMILES string of the molecule is CCOc1cc(/C=C2\SC(=S)N(c3ccc(C)cc3C)C2=O)ccc1OCC(=O)NCc1ccccc1. The minimum atomic E-state index is -0.231. The molecule has 0 bridgehead atoms. The largest absolute Gasteiger partial charge is 0.490 e. The van der Waals surface area contributed by atoms with Crippen LogP contribution in [0.5, 0.6) is 11.5 Å². The van der Waals surface area contributed by atoms with Gasteiger partial charge in [0.05, 0.1) is 17.2 Å². The minimum Gasteiger partial charge on any atom is -0.490 e. The molecule has 4 rings (SSSR count). The van der Waals surface area contributed by atoms with Crippen molar-refractivity contribution in [2.24, 2.45) is 0 Å². The zero-order valence-corrected chi connectivity index (χ0v) is 22.6. The number of hydrogen-bond acceptors (Lipinski definition) is 6. The molecule has 1 heterocycles. The van der Waals surface area contributed by atoms with Crippen LogP contribution in [0.2, 0.25) is 0 Å². The molecule has 1 aliphatic heterocycles. The number of thioether (sulfide) groups is 1. The molecule has 0 radical (unpaired) electrons. The van der Waals surface area contributed by atoms with Crippen molar-refractivity contribution in [2.45, 2.75) is 27.3 Å². The van der Waals surface area contributed by atoms with Crippen molar-refractivity contribution in [3.05, 3.63) is 93.9 Å². The first-order valence-electron chi connectivity index (χ1n) is 11.9. The smallest absolute Gasteiger partial charge is 0.270 e. The zero-order valence-electron chi connectivity index (χ0n) is 20.9. The molecule has 37 heavy (non-hydrogen) atoms. The number of anilines is 1. The molecule has 0 aromatic heterocycles. The number of rotatable bonds is 9. The highest BCUT2D eigenvalue weighted by Gasteiger charge is 2.34. The maximum Gasteiger partial charge on any atom is 0.270 e. The number of hydrogen-bond donors (Lipinski definition) is 1. The standard InChI is InChI=1S/C29H28N2O4S2/c1-4-34-25-15-22(11-13-24(25)35-18-27(32)30-17-21-8-6-5-7-9-21)16-26-28(33)31(29(36)37-26)23-12-10-19(2)14-20(23)3/h5-16H,4,17-18H2,1-3H3,(H,30,32)/b26-16-. The normalized spacial score (nSPS) is 14.2. The summed E-state index contributed by atoms with van der Waals surface area (Å²) in [6.45, 7) is 6.58. The minimum absolute atomic E-state index is 0.138. The molecule has 1 fully saturated rings. The van der Waals surface area contributed by atoms with Gasteiger partial charge in [-0.1, -0.05) is 78.1 Å². The average Bonchev–Trinajstić information content (AvgIpc) is 3.15. The van der Waals surface area contributed by atoms with E-state index in [4.69, 9.17) is 21.7 Å². The maximum absolute atomic E-state index is 13.2. The number of carbonyl (C=O) groups is 2. The molecule has 1 aliphatic rings. The first-order chi connectivity index (χ1) is 17.9. The van der Waals surface area contributed by atoms with Crippen LogP contribution in [0.4, 0.5) is 5.69 Å². The number of thiocarbonyl (C=S) groups is 1. The Bertz CT molecular complexity index is 1360. The van der Waals surface area contributed by atoms with Crippen molar-refractivity contribution in [1.82, 2.24) is 5.32 Å². The van der Waals surface area contributed by atoms with Crippen LogP contribution in [0.25, 0.3) is 6.08 Å². The third-order valence-corrected chi connectivity index (χ3v) is 6.95. The highest BCUT2D eigenvalue weighted by Crippen LogP contribution is 2.38. The number of amides is 2. The molecule has 1 N–H and O–H groups in total. The van der Waals surface area contributed by atoms with Gasteiger partial charge in [-0.05, 0) is 61.7 Å². The van der Waals surface area contributed by atoms with Crippen molar-refractivity contribution in [3.63, 3.8) is 0 Å². The van der Waals surface area contributed by atoms with Crippen LogP contribution in [-0.4, -0.2) is 29.3 Å². The summed E-state index contributed by atoms with van der Waals surface area (Å²) in [5.41, 5.74) is 4.69. The molecule has 0 aliphatic carbocycles. The van der Waals surface area contributed by atoms with Gasteiger partial charge in [-0.25, -0.2) is 0 Å². The first kappa shape index (κ1) is 26.4.